The molecule has 3 nitrogen and oxygen atoms in total. The summed E-state index contributed by atoms with van der Waals surface area (Å²) in [4.78, 5) is 17.0. The minimum absolute atomic E-state index is 0.0336. The van der Waals surface area contributed by atoms with Crippen LogP contribution in [0.2, 0.25) is 0 Å². The molecule has 4 rings (SSSR count). The van der Waals surface area contributed by atoms with Crippen LogP contribution in [-0.4, -0.2) is 9.55 Å². The van der Waals surface area contributed by atoms with Crippen molar-refractivity contribution in [3.8, 4) is 0 Å². The molecule has 0 fully saturated rings. The van der Waals surface area contributed by atoms with E-state index in [0.29, 0.717) is 6.54 Å². The molecule has 0 unspecified atom stereocenters. The average Bonchev–Trinajstić information content (AvgIpc) is 2.57. The van der Waals surface area contributed by atoms with Gasteiger partial charge in [0.2, 0.25) is 0 Å². The minimum atomic E-state index is 0.0336. The number of aromatic nitrogens is 2. The van der Waals surface area contributed by atoms with Crippen molar-refractivity contribution in [1.82, 2.24) is 9.55 Å². The lowest BCUT2D eigenvalue weighted by Gasteiger charge is -2.08. The first-order chi connectivity index (χ1) is 10.8. The van der Waals surface area contributed by atoms with Crippen LogP contribution in [0.5, 0.6) is 0 Å². The maximum atomic E-state index is 12.5. The summed E-state index contributed by atoms with van der Waals surface area (Å²) < 4.78 is 1.73. The number of para-hydroxylation sites is 1. The molecule has 0 aliphatic rings. The predicted molar refractivity (Wildman–Crippen MR) is 89.1 cm³/mol. The first-order valence-electron chi connectivity index (χ1n) is 7.23. The zero-order chi connectivity index (χ0) is 14.9. The summed E-state index contributed by atoms with van der Waals surface area (Å²) in [5.41, 5.74) is 2.03. The van der Waals surface area contributed by atoms with Crippen molar-refractivity contribution in [2.24, 2.45) is 0 Å². The summed E-state index contributed by atoms with van der Waals surface area (Å²) in [6.07, 6.45) is 3.68. The van der Waals surface area contributed by atoms with Gasteiger partial charge in [0.1, 0.15) is 0 Å². The Morgan fingerprint density at radius 2 is 1.68 bits per heavy atom. The fourth-order valence-electron chi connectivity index (χ4n) is 2.75. The highest BCUT2D eigenvalue weighted by atomic mass is 16.1. The summed E-state index contributed by atoms with van der Waals surface area (Å²) in [7, 11) is 0. The summed E-state index contributed by atoms with van der Waals surface area (Å²) in [5, 5.41) is 2.81. The number of benzene rings is 2. The van der Waals surface area contributed by atoms with E-state index in [4.69, 9.17) is 0 Å². The molecule has 106 valence electrons. The quantitative estimate of drug-likeness (QED) is 0.564. The second-order valence-corrected chi connectivity index (χ2v) is 5.37. The molecule has 0 spiro atoms. The summed E-state index contributed by atoms with van der Waals surface area (Å²) in [6.45, 7) is 0.529. The Morgan fingerprint density at radius 3 is 2.59 bits per heavy atom. The molecule has 2 heterocycles. The Labute approximate surface area is 127 Å². The maximum Gasteiger partial charge on any atom is 0.258 e. The first-order valence-corrected chi connectivity index (χ1v) is 7.23. The smallest absolute Gasteiger partial charge is 0.258 e. The number of pyridine rings is 2. The largest absolute Gasteiger partial charge is 0.311 e. The van der Waals surface area contributed by atoms with E-state index in [-0.39, 0.29) is 5.56 Å². The van der Waals surface area contributed by atoms with Gasteiger partial charge in [-0.15, -0.1) is 0 Å². The topological polar surface area (TPSA) is 34.9 Å². The van der Waals surface area contributed by atoms with Crippen LogP contribution in [0.25, 0.3) is 21.7 Å². The Balaban J connectivity index is 1.79. The molecular weight excluding hydrogens is 272 g/mol. The first kappa shape index (κ1) is 12.8. The maximum absolute atomic E-state index is 12.5. The van der Waals surface area contributed by atoms with Gasteiger partial charge in [-0.05, 0) is 35.2 Å². The summed E-state index contributed by atoms with van der Waals surface area (Å²) in [6, 6.07) is 19.7. The fourth-order valence-corrected chi connectivity index (χ4v) is 2.75. The van der Waals surface area contributed by atoms with Gasteiger partial charge in [-0.25, -0.2) is 0 Å². The Bertz CT molecular complexity index is 1030. The number of fused-ring (bicyclic) bond motifs is 2. The Morgan fingerprint density at radius 1 is 0.909 bits per heavy atom. The van der Waals surface area contributed by atoms with Crippen molar-refractivity contribution in [1.29, 1.82) is 0 Å². The molecule has 0 saturated carbocycles. The van der Waals surface area contributed by atoms with E-state index >= 15 is 0 Å². The summed E-state index contributed by atoms with van der Waals surface area (Å²) in [5.74, 6) is 0. The lowest BCUT2D eigenvalue weighted by molar-refractivity contribution is 0.766. The van der Waals surface area contributed by atoms with Crippen LogP contribution in [0.1, 0.15) is 5.56 Å². The van der Waals surface area contributed by atoms with Gasteiger partial charge in [0.25, 0.3) is 5.56 Å². The minimum Gasteiger partial charge on any atom is -0.311 e. The van der Waals surface area contributed by atoms with E-state index in [1.54, 1.807) is 4.57 Å². The van der Waals surface area contributed by atoms with E-state index < -0.39 is 0 Å². The lowest BCUT2D eigenvalue weighted by Crippen LogP contribution is -2.20. The standard InChI is InChI=1S/C19H14N2O/c22-19-17-7-3-1-5-15(17)9-10-21(19)13-14-11-16-6-2-4-8-18(16)20-12-14/h1-12H,13H2. The van der Waals surface area contributed by atoms with Crippen LogP contribution in [0.15, 0.2) is 77.9 Å². The molecule has 0 aliphatic heterocycles. The van der Waals surface area contributed by atoms with Gasteiger partial charge in [-0.2, -0.15) is 0 Å². The Kier molecular flexibility index (Phi) is 2.97. The highest BCUT2D eigenvalue weighted by Crippen LogP contribution is 2.14. The molecule has 0 aliphatic carbocycles. The molecule has 0 radical (unpaired) electrons. The van der Waals surface area contributed by atoms with Crippen molar-refractivity contribution in [2.45, 2.75) is 6.54 Å². The monoisotopic (exact) mass is 286 g/mol. The number of hydrogen-bond acceptors (Lipinski definition) is 2. The highest BCUT2D eigenvalue weighted by Gasteiger charge is 2.04. The molecule has 0 saturated heterocycles. The molecular formula is C19H14N2O. The average molecular weight is 286 g/mol. The number of hydrogen-bond donors (Lipinski definition) is 0. The second kappa shape index (κ2) is 5.11. The van der Waals surface area contributed by atoms with Crippen LogP contribution in [0.4, 0.5) is 0 Å². The third-order valence-electron chi connectivity index (χ3n) is 3.89. The third-order valence-corrected chi connectivity index (χ3v) is 3.89. The van der Waals surface area contributed by atoms with Crippen molar-refractivity contribution in [3.05, 3.63) is 89.0 Å². The third kappa shape index (κ3) is 2.17. The van der Waals surface area contributed by atoms with Crippen LogP contribution >= 0.6 is 0 Å². The van der Waals surface area contributed by atoms with Gasteiger partial charge in [0.05, 0.1) is 12.1 Å². The molecule has 0 amide bonds. The number of nitrogens with zero attached hydrogens (tertiary/aromatic N) is 2. The van der Waals surface area contributed by atoms with Crippen molar-refractivity contribution >= 4 is 21.7 Å². The molecule has 0 bridgehead atoms. The van der Waals surface area contributed by atoms with E-state index in [1.165, 1.54) is 0 Å². The van der Waals surface area contributed by atoms with Gasteiger partial charge >= 0.3 is 0 Å². The molecule has 4 aromatic rings. The number of rotatable bonds is 2. The molecule has 0 atom stereocenters. The van der Waals surface area contributed by atoms with Gasteiger partial charge in [0, 0.05) is 23.2 Å². The van der Waals surface area contributed by atoms with Crippen LogP contribution in [0.3, 0.4) is 0 Å². The summed E-state index contributed by atoms with van der Waals surface area (Å²) >= 11 is 0. The van der Waals surface area contributed by atoms with Gasteiger partial charge in [-0.3, -0.25) is 9.78 Å². The van der Waals surface area contributed by atoms with Crippen molar-refractivity contribution in [2.75, 3.05) is 0 Å². The van der Waals surface area contributed by atoms with Crippen LogP contribution in [-0.2, 0) is 6.54 Å². The molecule has 3 heteroatoms. The van der Waals surface area contributed by atoms with E-state index in [0.717, 1.165) is 27.2 Å². The normalized spacial score (nSPS) is 11.1. The molecule has 0 N–H and O–H groups in total. The fraction of sp³-hybridized carbons (Fsp3) is 0.0526. The van der Waals surface area contributed by atoms with E-state index in [9.17, 15) is 4.79 Å². The molecule has 22 heavy (non-hydrogen) atoms. The van der Waals surface area contributed by atoms with Crippen LogP contribution < -0.4 is 5.56 Å². The van der Waals surface area contributed by atoms with Crippen molar-refractivity contribution in [3.63, 3.8) is 0 Å². The lowest BCUT2D eigenvalue weighted by atomic mass is 10.1. The van der Waals surface area contributed by atoms with E-state index in [2.05, 4.69) is 11.1 Å². The van der Waals surface area contributed by atoms with Gasteiger partial charge < -0.3 is 4.57 Å². The predicted octanol–water partition coefficient (Wildman–Crippen LogP) is 3.60. The zero-order valence-electron chi connectivity index (χ0n) is 11.9. The van der Waals surface area contributed by atoms with Crippen LogP contribution in [0, 0.1) is 0 Å². The van der Waals surface area contributed by atoms with Gasteiger partial charge in [-0.1, -0.05) is 36.4 Å². The van der Waals surface area contributed by atoms with Gasteiger partial charge in [0.15, 0.2) is 0 Å². The van der Waals surface area contributed by atoms with Crippen molar-refractivity contribution < 1.29 is 0 Å². The SMILES string of the molecule is O=c1c2ccccc2ccn1Cc1cnc2ccccc2c1. The molecule has 2 aromatic heterocycles. The molecule has 2 aromatic carbocycles. The zero-order valence-corrected chi connectivity index (χ0v) is 11.9. The Hall–Kier alpha value is -2.94. The second-order valence-electron chi connectivity index (χ2n) is 5.37. The van der Waals surface area contributed by atoms with E-state index in [1.807, 2.05) is 67.0 Å². The highest BCUT2D eigenvalue weighted by molar-refractivity contribution is 5.81.